The Morgan fingerprint density at radius 1 is 1.35 bits per heavy atom. The maximum atomic E-state index is 2.68. The highest BCUT2D eigenvalue weighted by atomic mass is 14.7. The second-order valence-corrected chi connectivity index (χ2v) is 6.63. The van der Waals surface area contributed by atoms with Crippen LogP contribution in [0.15, 0.2) is 23.8 Å². The maximum Gasteiger partial charge on any atom is 0.0123 e. The zero-order valence-corrected chi connectivity index (χ0v) is 11.8. The van der Waals surface area contributed by atoms with Crippen molar-refractivity contribution in [2.75, 3.05) is 0 Å². The molecule has 0 nitrogen and oxygen atoms in total. The number of allylic oxidation sites excluding steroid dienone is 4. The van der Waals surface area contributed by atoms with E-state index >= 15 is 0 Å². The van der Waals surface area contributed by atoms with Crippen molar-refractivity contribution >= 4 is 0 Å². The van der Waals surface area contributed by atoms with E-state index in [1.807, 2.05) is 5.57 Å². The van der Waals surface area contributed by atoms with Crippen LogP contribution in [0.3, 0.4) is 0 Å². The first-order valence-corrected chi connectivity index (χ1v) is 7.50. The van der Waals surface area contributed by atoms with Crippen LogP contribution in [0.25, 0.3) is 0 Å². The molecule has 2 saturated carbocycles. The molecule has 0 aromatic carbocycles. The SMILES string of the molecule is C/C=C\C1(C2=CC3CC3(CC)C2CC)CC1C. The minimum absolute atomic E-state index is 0.477. The second kappa shape index (κ2) is 3.49. The highest BCUT2D eigenvalue weighted by Crippen LogP contribution is 2.74. The van der Waals surface area contributed by atoms with Gasteiger partial charge in [-0.15, -0.1) is 0 Å². The Labute approximate surface area is 106 Å². The standard InChI is InChI=1S/C17H26/c1-5-8-17(10-12(17)4)15-9-13-11-16(13,7-3)14(15)6-2/h5,8-9,12-14H,6-7,10-11H2,1-4H3/b8-5-. The lowest BCUT2D eigenvalue weighted by Crippen LogP contribution is -2.20. The molecule has 0 saturated heterocycles. The van der Waals surface area contributed by atoms with Crippen molar-refractivity contribution in [2.24, 2.45) is 28.6 Å². The van der Waals surface area contributed by atoms with Gasteiger partial charge in [0.25, 0.3) is 0 Å². The third-order valence-corrected chi connectivity index (χ3v) is 6.06. The zero-order valence-electron chi connectivity index (χ0n) is 11.8. The second-order valence-electron chi connectivity index (χ2n) is 6.63. The summed E-state index contributed by atoms with van der Waals surface area (Å²) in [5.74, 6) is 2.70. The molecule has 3 aliphatic carbocycles. The third kappa shape index (κ3) is 1.30. The largest absolute Gasteiger partial charge is 0.0908 e. The lowest BCUT2D eigenvalue weighted by atomic mass is 9.75. The van der Waals surface area contributed by atoms with Gasteiger partial charge in [0.2, 0.25) is 0 Å². The molecular weight excluding hydrogens is 204 g/mol. The van der Waals surface area contributed by atoms with Gasteiger partial charge in [-0.25, -0.2) is 0 Å². The Morgan fingerprint density at radius 3 is 2.53 bits per heavy atom. The Hall–Kier alpha value is -0.520. The Balaban J connectivity index is 1.93. The summed E-state index contributed by atoms with van der Waals surface area (Å²) < 4.78 is 0. The molecule has 5 unspecified atom stereocenters. The Morgan fingerprint density at radius 2 is 2.06 bits per heavy atom. The van der Waals surface area contributed by atoms with E-state index in [1.165, 1.54) is 25.7 Å². The molecule has 0 heterocycles. The third-order valence-electron chi connectivity index (χ3n) is 6.06. The Bertz CT molecular complexity index is 389. The van der Waals surface area contributed by atoms with Crippen LogP contribution < -0.4 is 0 Å². The van der Waals surface area contributed by atoms with Gasteiger partial charge in [-0.1, -0.05) is 44.6 Å². The molecule has 0 heteroatoms. The van der Waals surface area contributed by atoms with Crippen molar-refractivity contribution < 1.29 is 0 Å². The summed E-state index contributed by atoms with van der Waals surface area (Å²) in [6, 6.07) is 0. The summed E-state index contributed by atoms with van der Waals surface area (Å²) in [6.45, 7) is 9.40. The molecule has 0 radical (unpaired) electrons. The van der Waals surface area contributed by atoms with Gasteiger partial charge in [-0.2, -0.15) is 0 Å². The van der Waals surface area contributed by atoms with Gasteiger partial charge in [0.1, 0.15) is 0 Å². The van der Waals surface area contributed by atoms with Gasteiger partial charge in [-0.05, 0) is 55.8 Å². The summed E-state index contributed by atoms with van der Waals surface area (Å²) in [5, 5.41) is 0. The van der Waals surface area contributed by atoms with E-state index in [1.54, 1.807) is 0 Å². The van der Waals surface area contributed by atoms with E-state index < -0.39 is 0 Å². The first-order valence-electron chi connectivity index (χ1n) is 7.50. The molecule has 3 rings (SSSR count). The van der Waals surface area contributed by atoms with Crippen LogP contribution >= 0.6 is 0 Å². The summed E-state index contributed by atoms with van der Waals surface area (Å²) in [6.07, 6.45) is 13.1. The van der Waals surface area contributed by atoms with Crippen LogP contribution in [0.2, 0.25) is 0 Å². The van der Waals surface area contributed by atoms with Gasteiger partial charge in [-0.3, -0.25) is 0 Å². The number of hydrogen-bond acceptors (Lipinski definition) is 0. The molecule has 0 aliphatic heterocycles. The average molecular weight is 230 g/mol. The summed E-state index contributed by atoms with van der Waals surface area (Å²) in [4.78, 5) is 0. The summed E-state index contributed by atoms with van der Waals surface area (Å²) >= 11 is 0. The van der Waals surface area contributed by atoms with E-state index in [9.17, 15) is 0 Å². The topological polar surface area (TPSA) is 0 Å². The number of rotatable bonds is 4. The van der Waals surface area contributed by atoms with Crippen LogP contribution in [0.5, 0.6) is 0 Å². The normalized spacial score (nSPS) is 51.5. The molecule has 5 atom stereocenters. The molecule has 94 valence electrons. The van der Waals surface area contributed by atoms with E-state index in [0.717, 1.165) is 17.8 Å². The van der Waals surface area contributed by atoms with Crippen LogP contribution in [-0.4, -0.2) is 0 Å². The van der Waals surface area contributed by atoms with Crippen molar-refractivity contribution in [3.8, 4) is 0 Å². The summed E-state index contributed by atoms with van der Waals surface area (Å²) in [7, 11) is 0. The van der Waals surface area contributed by atoms with Crippen molar-refractivity contribution in [1.29, 1.82) is 0 Å². The average Bonchev–Trinajstić information content (AvgIpc) is 3.16. The molecular formula is C17H26. The zero-order chi connectivity index (χ0) is 12.3. The quantitative estimate of drug-likeness (QED) is 0.598. The van der Waals surface area contributed by atoms with Gasteiger partial charge in [0.15, 0.2) is 0 Å². The molecule has 0 spiro atoms. The van der Waals surface area contributed by atoms with E-state index in [2.05, 4.69) is 45.9 Å². The van der Waals surface area contributed by atoms with Crippen LogP contribution in [0.4, 0.5) is 0 Å². The fourth-order valence-electron chi connectivity index (χ4n) is 4.85. The number of hydrogen-bond donors (Lipinski definition) is 0. The molecule has 0 aromatic heterocycles. The van der Waals surface area contributed by atoms with Gasteiger partial charge >= 0.3 is 0 Å². The van der Waals surface area contributed by atoms with Gasteiger partial charge in [0, 0.05) is 5.41 Å². The van der Waals surface area contributed by atoms with Crippen molar-refractivity contribution in [3.05, 3.63) is 23.8 Å². The van der Waals surface area contributed by atoms with Crippen LogP contribution in [-0.2, 0) is 0 Å². The predicted octanol–water partition coefficient (Wildman–Crippen LogP) is 4.97. The summed E-state index contributed by atoms with van der Waals surface area (Å²) in [5.41, 5.74) is 3.00. The molecule has 0 amide bonds. The predicted molar refractivity (Wildman–Crippen MR) is 73.7 cm³/mol. The highest BCUT2D eigenvalue weighted by Gasteiger charge is 2.66. The molecule has 2 fully saturated rings. The highest BCUT2D eigenvalue weighted by molar-refractivity contribution is 5.43. The maximum absolute atomic E-state index is 2.68. The fourth-order valence-corrected chi connectivity index (χ4v) is 4.85. The molecule has 0 aromatic rings. The monoisotopic (exact) mass is 230 g/mol. The van der Waals surface area contributed by atoms with Crippen molar-refractivity contribution in [2.45, 2.75) is 53.4 Å². The van der Waals surface area contributed by atoms with Crippen molar-refractivity contribution in [3.63, 3.8) is 0 Å². The van der Waals surface area contributed by atoms with E-state index in [-0.39, 0.29) is 0 Å². The van der Waals surface area contributed by atoms with E-state index in [4.69, 9.17) is 0 Å². The lowest BCUT2D eigenvalue weighted by molar-refractivity contribution is 0.315. The number of fused-ring (bicyclic) bond motifs is 1. The minimum Gasteiger partial charge on any atom is -0.0908 e. The van der Waals surface area contributed by atoms with Crippen LogP contribution in [0, 0.1) is 28.6 Å². The fraction of sp³-hybridized carbons (Fsp3) is 0.765. The first kappa shape index (κ1) is 11.6. The molecule has 17 heavy (non-hydrogen) atoms. The first-order chi connectivity index (χ1) is 8.14. The molecule has 0 N–H and O–H groups in total. The van der Waals surface area contributed by atoms with E-state index in [0.29, 0.717) is 10.8 Å². The minimum atomic E-state index is 0.477. The van der Waals surface area contributed by atoms with Gasteiger partial charge < -0.3 is 0 Å². The van der Waals surface area contributed by atoms with Crippen molar-refractivity contribution in [1.82, 2.24) is 0 Å². The Kier molecular flexibility index (Phi) is 2.38. The molecule has 3 aliphatic rings. The molecule has 0 bridgehead atoms. The smallest absolute Gasteiger partial charge is 0.0123 e. The van der Waals surface area contributed by atoms with Gasteiger partial charge in [0.05, 0.1) is 0 Å². The van der Waals surface area contributed by atoms with Crippen LogP contribution in [0.1, 0.15) is 53.4 Å². The lowest BCUT2D eigenvalue weighted by Gasteiger charge is -2.29.